The molecule has 2 aliphatic rings. The van der Waals surface area contributed by atoms with Crippen molar-refractivity contribution in [3.8, 4) is 0 Å². The molecule has 0 spiro atoms. The van der Waals surface area contributed by atoms with E-state index in [-0.39, 0.29) is 30.9 Å². The van der Waals surface area contributed by atoms with Gasteiger partial charge in [0.1, 0.15) is 6.04 Å². The summed E-state index contributed by atoms with van der Waals surface area (Å²) in [6.07, 6.45) is 7.00. The fourth-order valence-electron chi connectivity index (χ4n) is 4.20. The van der Waals surface area contributed by atoms with Crippen LogP contribution in [0.25, 0.3) is 0 Å². The Bertz CT molecular complexity index is 775. The summed E-state index contributed by atoms with van der Waals surface area (Å²) in [6, 6.07) is 1.34. The van der Waals surface area contributed by atoms with E-state index in [2.05, 4.69) is 10.6 Å². The number of furan rings is 1. The molecular weight excluding hydrogens is 390 g/mol. The fraction of sp³-hybridized carbons (Fsp3) is 0.600. The number of likely N-dealkylation sites (tertiary alicyclic amines) is 1. The number of primary amides is 1. The molecule has 0 aromatic carbocycles. The van der Waals surface area contributed by atoms with Crippen LogP contribution in [0.2, 0.25) is 0 Å². The van der Waals surface area contributed by atoms with Gasteiger partial charge in [0.15, 0.2) is 5.76 Å². The maximum atomic E-state index is 13.1. The predicted molar refractivity (Wildman–Crippen MR) is 107 cm³/mol. The zero-order chi connectivity index (χ0) is 21.7. The molecule has 2 fully saturated rings. The highest BCUT2D eigenvalue weighted by Gasteiger charge is 2.44. The van der Waals surface area contributed by atoms with Gasteiger partial charge < -0.3 is 30.6 Å². The third-order valence-corrected chi connectivity index (χ3v) is 5.67. The molecule has 2 heterocycles. The highest BCUT2D eigenvalue weighted by Crippen LogP contribution is 2.23. The maximum absolute atomic E-state index is 13.1. The van der Waals surface area contributed by atoms with Crippen molar-refractivity contribution in [2.75, 3.05) is 20.1 Å². The minimum atomic E-state index is -0.955. The molecule has 1 aromatic heterocycles. The number of likely N-dealkylation sites (N-methyl/N-ethyl adjacent to an activating group) is 1. The lowest BCUT2D eigenvalue weighted by Gasteiger charge is -2.31. The molecular formula is C20H29N5O5. The first kappa shape index (κ1) is 21.7. The zero-order valence-electron chi connectivity index (χ0n) is 17.1. The highest BCUT2D eigenvalue weighted by atomic mass is 16.3. The fourth-order valence-corrected chi connectivity index (χ4v) is 4.20. The molecule has 1 saturated carbocycles. The van der Waals surface area contributed by atoms with Crippen LogP contribution in [0, 0.1) is 0 Å². The minimum Gasteiger partial charge on any atom is -0.459 e. The molecule has 164 valence electrons. The summed E-state index contributed by atoms with van der Waals surface area (Å²) in [6.45, 7) is -0.00612. The molecule has 30 heavy (non-hydrogen) atoms. The van der Waals surface area contributed by atoms with Gasteiger partial charge in [0.25, 0.3) is 5.91 Å². The summed E-state index contributed by atoms with van der Waals surface area (Å²) in [5.74, 6) is -1.46. The summed E-state index contributed by atoms with van der Waals surface area (Å²) >= 11 is 0. The molecule has 2 atom stereocenters. The lowest BCUT2D eigenvalue weighted by atomic mass is 9.96. The second-order valence-corrected chi connectivity index (χ2v) is 7.93. The third-order valence-electron chi connectivity index (χ3n) is 5.67. The molecule has 1 aliphatic heterocycles. The minimum absolute atomic E-state index is 0.109. The maximum Gasteiger partial charge on any atom is 0.315 e. The number of carbonyl (C=O) groups excluding carboxylic acids is 4. The summed E-state index contributed by atoms with van der Waals surface area (Å²) in [7, 11) is 1.44. The van der Waals surface area contributed by atoms with Gasteiger partial charge in [-0.2, -0.15) is 0 Å². The molecule has 10 heteroatoms. The topological polar surface area (TPSA) is 138 Å². The Morgan fingerprint density at radius 1 is 1.17 bits per heavy atom. The van der Waals surface area contributed by atoms with Crippen LogP contribution in [0.3, 0.4) is 0 Å². The lowest BCUT2D eigenvalue weighted by molar-refractivity contribution is -0.137. The van der Waals surface area contributed by atoms with Crippen LogP contribution in [-0.2, 0) is 9.59 Å². The van der Waals surface area contributed by atoms with Gasteiger partial charge in [0.2, 0.25) is 11.8 Å². The summed E-state index contributed by atoms with van der Waals surface area (Å²) < 4.78 is 5.19. The standard InChI is InChI=1S/C20H29N5O5/c1-24(12-16(21)26)19(28)17-14(23-20(29)22-13-6-3-2-4-7-13)9-10-25(17)18(27)15-8-5-11-30-15/h5,8,11,13-14,17H,2-4,6-7,9-10,12H2,1H3,(H2,21,26)(H2,22,23,29). The Balaban J connectivity index is 1.73. The van der Waals surface area contributed by atoms with Gasteiger partial charge in [0.05, 0.1) is 18.8 Å². The first-order chi connectivity index (χ1) is 14.4. The van der Waals surface area contributed by atoms with Gasteiger partial charge in [-0.3, -0.25) is 14.4 Å². The molecule has 1 aliphatic carbocycles. The molecule has 1 saturated heterocycles. The van der Waals surface area contributed by atoms with E-state index in [1.165, 1.54) is 35.6 Å². The summed E-state index contributed by atoms with van der Waals surface area (Å²) in [5.41, 5.74) is 5.21. The zero-order valence-corrected chi connectivity index (χ0v) is 17.1. The first-order valence-corrected chi connectivity index (χ1v) is 10.3. The van der Waals surface area contributed by atoms with Crippen LogP contribution in [0.15, 0.2) is 22.8 Å². The van der Waals surface area contributed by atoms with Crippen LogP contribution >= 0.6 is 0 Å². The Morgan fingerprint density at radius 3 is 2.53 bits per heavy atom. The number of urea groups is 1. The molecule has 2 unspecified atom stereocenters. The molecule has 1 aromatic rings. The Hall–Kier alpha value is -3.04. The van der Waals surface area contributed by atoms with Gasteiger partial charge in [-0.15, -0.1) is 0 Å². The SMILES string of the molecule is CN(CC(N)=O)C(=O)C1C(NC(=O)NC2CCCCC2)CCN1C(=O)c1ccco1. The van der Waals surface area contributed by atoms with Crippen molar-refractivity contribution in [3.63, 3.8) is 0 Å². The number of amides is 5. The van der Waals surface area contributed by atoms with Crippen LogP contribution in [0.4, 0.5) is 4.79 Å². The molecule has 0 bridgehead atoms. The van der Waals surface area contributed by atoms with Crippen LogP contribution < -0.4 is 16.4 Å². The monoisotopic (exact) mass is 419 g/mol. The molecule has 4 N–H and O–H groups in total. The van der Waals surface area contributed by atoms with E-state index in [1.807, 2.05) is 0 Å². The van der Waals surface area contributed by atoms with Crippen LogP contribution in [0.1, 0.15) is 49.1 Å². The van der Waals surface area contributed by atoms with Gasteiger partial charge in [-0.05, 0) is 31.4 Å². The summed E-state index contributed by atoms with van der Waals surface area (Å²) in [4.78, 5) is 52.3. The molecule has 10 nitrogen and oxygen atoms in total. The Kier molecular flexibility index (Phi) is 6.96. The third kappa shape index (κ3) is 5.11. The van der Waals surface area contributed by atoms with Crippen LogP contribution in [-0.4, -0.2) is 71.8 Å². The Morgan fingerprint density at radius 2 is 1.90 bits per heavy atom. The number of carbonyl (C=O) groups is 4. The smallest absolute Gasteiger partial charge is 0.315 e. The average Bonchev–Trinajstić information content (AvgIpc) is 3.37. The van der Waals surface area contributed by atoms with Gasteiger partial charge in [0, 0.05) is 19.6 Å². The van der Waals surface area contributed by atoms with Crippen LogP contribution in [0.5, 0.6) is 0 Å². The van der Waals surface area contributed by atoms with E-state index < -0.39 is 29.8 Å². The predicted octanol–water partition coefficient (Wildman–Crippen LogP) is 0.438. The normalized spacial score (nSPS) is 21.8. The molecule has 0 radical (unpaired) electrons. The molecule has 3 rings (SSSR count). The largest absolute Gasteiger partial charge is 0.459 e. The summed E-state index contributed by atoms with van der Waals surface area (Å²) in [5, 5.41) is 5.82. The lowest BCUT2D eigenvalue weighted by Crippen LogP contribution is -2.57. The van der Waals surface area contributed by atoms with Crippen molar-refractivity contribution >= 4 is 23.8 Å². The van der Waals surface area contributed by atoms with E-state index in [1.54, 1.807) is 6.07 Å². The Labute approximate surface area is 175 Å². The van der Waals surface area contributed by atoms with E-state index >= 15 is 0 Å². The number of hydrogen-bond donors (Lipinski definition) is 3. The van der Waals surface area contributed by atoms with Crippen molar-refractivity contribution < 1.29 is 23.6 Å². The van der Waals surface area contributed by atoms with E-state index in [0.29, 0.717) is 6.42 Å². The first-order valence-electron chi connectivity index (χ1n) is 10.3. The number of nitrogens with zero attached hydrogens (tertiary/aromatic N) is 2. The van der Waals surface area contributed by atoms with Gasteiger partial charge >= 0.3 is 6.03 Å². The van der Waals surface area contributed by atoms with Gasteiger partial charge in [-0.25, -0.2) is 4.79 Å². The van der Waals surface area contributed by atoms with Crippen molar-refractivity contribution in [1.82, 2.24) is 20.4 Å². The van der Waals surface area contributed by atoms with Crippen molar-refractivity contribution in [2.45, 2.75) is 56.7 Å². The van der Waals surface area contributed by atoms with Crippen molar-refractivity contribution in [2.24, 2.45) is 5.73 Å². The second-order valence-electron chi connectivity index (χ2n) is 7.93. The number of rotatable bonds is 6. The van der Waals surface area contributed by atoms with E-state index in [0.717, 1.165) is 25.7 Å². The van der Waals surface area contributed by atoms with Gasteiger partial charge in [-0.1, -0.05) is 19.3 Å². The quantitative estimate of drug-likeness (QED) is 0.614. The average molecular weight is 419 g/mol. The number of hydrogen-bond acceptors (Lipinski definition) is 5. The van der Waals surface area contributed by atoms with E-state index in [4.69, 9.17) is 10.2 Å². The number of nitrogens with two attached hydrogens (primary N) is 1. The number of nitrogens with one attached hydrogen (secondary N) is 2. The highest BCUT2D eigenvalue weighted by molar-refractivity contribution is 5.97. The van der Waals surface area contributed by atoms with Crippen molar-refractivity contribution in [1.29, 1.82) is 0 Å². The molecule has 5 amide bonds. The van der Waals surface area contributed by atoms with E-state index in [9.17, 15) is 19.2 Å². The second kappa shape index (κ2) is 9.64. The van der Waals surface area contributed by atoms with Crippen molar-refractivity contribution in [3.05, 3.63) is 24.2 Å².